The van der Waals surface area contributed by atoms with Gasteiger partial charge in [0.1, 0.15) is 11.6 Å². The molecule has 2 heterocycles. The van der Waals surface area contributed by atoms with Gasteiger partial charge in [0.05, 0.1) is 28.8 Å². The maximum Gasteiger partial charge on any atom is 0.242 e. The lowest BCUT2D eigenvalue weighted by atomic mass is 10.2. The molecule has 0 aliphatic carbocycles. The van der Waals surface area contributed by atoms with Gasteiger partial charge in [-0.15, -0.1) is 10.2 Å². The Balaban J connectivity index is 1.60. The number of fused-ring (bicyclic) bond motifs is 1. The molecular formula is C22H26N6O3S2. The van der Waals surface area contributed by atoms with Gasteiger partial charge < -0.3 is 13.9 Å². The number of aromatic nitrogens is 5. The summed E-state index contributed by atoms with van der Waals surface area (Å²) in [5.74, 6) is 2.98. The molecule has 174 valence electrons. The lowest BCUT2D eigenvalue weighted by molar-refractivity contribution is 0.415. The van der Waals surface area contributed by atoms with E-state index in [2.05, 4.69) is 14.8 Å². The molecule has 0 amide bonds. The molecule has 9 nitrogen and oxygen atoms in total. The van der Waals surface area contributed by atoms with Crippen LogP contribution in [0, 0.1) is 0 Å². The van der Waals surface area contributed by atoms with Crippen LogP contribution in [0.3, 0.4) is 0 Å². The average molecular weight is 487 g/mol. The van der Waals surface area contributed by atoms with Gasteiger partial charge in [0.15, 0.2) is 11.0 Å². The van der Waals surface area contributed by atoms with Crippen molar-refractivity contribution in [2.45, 2.75) is 29.3 Å². The normalized spacial score (nSPS) is 12.1. The van der Waals surface area contributed by atoms with Gasteiger partial charge in [0.25, 0.3) is 0 Å². The number of thioether (sulfide) groups is 1. The second-order valence-corrected chi connectivity index (χ2v) is 10.7. The summed E-state index contributed by atoms with van der Waals surface area (Å²) in [6.45, 7) is 2.77. The van der Waals surface area contributed by atoms with E-state index >= 15 is 0 Å². The highest BCUT2D eigenvalue weighted by molar-refractivity contribution is 7.98. The first-order valence-electron chi connectivity index (χ1n) is 10.3. The standard InChI is InChI=1S/C22H26N6O3S2/c1-6-28-19-12-11-17(33(29,30)26(2)3)13-18(19)23-20(28)14-32-22-25-24-21(27(22)4)15-7-9-16(31-5)10-8-15/h7-13H,6,14H2,1-5H3. The number of aryl methyl sites for hydroxylation is 1. The van der Waals surface area contributed by atoms with Crippen LogP contribution in [0.15, 0.2) is 52.5 Å². The van der Waals surface area contributed by atoms with Crippen molar-refractivity contribution in [2.75, 3.05) is 21.2 Å². The first-order chi connectivity index (χ1) is 15.8. The fourth-order valence-electron chi connectivity index (χ4n) is 3.55. The fourth-order valence-corrected chi connectivity index (χ4v) is 5.33. The monoisotopic (exact) mass is 486 g/mol. The summed E-state index contributed by atoms with van der Waals surface area (Å²) in [5.41, 5.74) is 2.52. The topological polar surface area (TPSA) is 95.1 Å². The molecule has 0 radical (unpaired) electrons. The third-order valence-corrected chi connectivity index (χ3v) is 8.23. The van der Waals surface area contributed by atoms with E-state index < -0.39 is 10.0 Å². The Labute approximate surface area is 197 Å². The van der Waals surface area contributed by atoms with Crippen LogP contribution in [0.4, 0.5) is 0 Å². The minimum absolute atomic E-state index is 0.234. The summed E-state index contributed by atoms with van der Waals surface area (Å²) < 4.78 is 35.5. The van der Waals surface area contributed by atoms with Crippen LogP contribution in [0.25, 0.3) is 22.4 Å². The molecule has 0 saturated heterocycles. The van der Waals surface area contributed by atoms with Crippen molar-refractivity contribution in [3.63, 3.8) is 0 Å². The number of nitrogens with zero attached hydrogens (tertiary/aromatic N) is 6. The van der Waals surface area contributed by atoms with E-state index in [1.807, 2.05) is 48.9 Å². The van der Waals surface area contributed by atoms with Crippen LogP contribution < -0.4 is 4.74 Å². The van der Waals surface area contributed by atoms with Crippen LogP contribution in [-0.4, -0.2) is 58.2 Å². The number of hydrogen-bond donors (Lipinski definition) is 0. The Morgan fingerprint density at radius 2 is 1.82 bits per heavy atom. The molecule has 2 aromatic heterocycles. The first-order valence-corrected chi connectivity index (χ1v) is 12.8. The van der Waals surface area contributed by atoms with E-state index in [4.69, 9.17) is 9.72 Å². The molecule has 4 aromatic rings. The van der Waals surface area contributed by atoms with Crippen LogP contribution in [0.1, 0.15) is 12.7 Å². The zero-order valence-corrected chi connectivity index (χ0v) is 20.8. The Kier molecular flexibility index (Phi) is 6.46. The van der Waals surface area contributed by atoms with Gasteiger partial charge in [-0.05, 0) is 49.4 Å². The van der Waals surface area contributed by atoms with Crippen molar-refractivity contribution in [1.82, 2.24) is 28.6 Å². The van der Waals surface area contributed by atoms with Crippen molar-refractivity contribution in [2.24, 2.45) is 7.05 Å². The van der Waals surface area contributed by atoms with Crippen LogP contribution in [0.5, 0.6) is 5.75 Å². The molecule has 0 N–H and O–H groups in total. The summed E-state index contributed by atoms with van der Waals surface area (Å²) >= 11 is 1.54. The maximum atomic E-state index is 12.5. The van der Waals surface area contributed by atoms with Gasteiger partial charge in [-0.3, -0.25) is 0 Å². The Bertz CT molecular complexity index is 1390. The average Bonchev–Trinajstić information content (AvgIpc) is 3.36. The van der Waals surface area contributed by atoms with Crippen molar-refractivity contribution >= 4 is 32.8 Å². The fraction of sp³-hybridized carbons (Fsp3) is 0.318. The lowest BCUT2D eigenvalue weighted by Crippen LogP contribution is -2.22. The van der Waals surface area contributed by atoms with Crippen LogP contribution in [0.2, 0.25) is 0 Å². The molecule has 0 aliphatic heterocycles. The lowest BCUT2D eigenvalue weighted by Gasteiger charge is -2.11. The molecule has 0 fully saturated rings. The summed E-state index contributed by atoms with van der Waals surface area (Å²) in [5, 5.41) is 9.46. The van der Waals surface area contributed by atoms with Crippen LogP contribution in [-0.2, 0) is 29.4 Å². The second kappa shape index (κ2) is 9.16. The molecule has 11 heteroatoms. The largest absolute Gasteiger partial charge is 0.497 e. The summed E-state index contributed by atoms with van der Waals surface area (Å²) in [7, 11) is 3.09. The van der Waals surface area contributed by atoms with Gasteiger partial charge >= 0.3 is 0 Å². The molecule has 0 aliphatic rings. The van der Waals surface area contributed by atoms with E-state index in [-0.39, 0.29) is 4.90 Å². The minimum Gasteiger partial charge on any atom is -0.497 e. The zero-order valence-electron chi connectivity index (χ0n) is 19.2. The Hall–Kier alpha value is -2.89. The highest BCUT2D eigenvalue weighted by Gasteiger charge is 2.20. The number of sulfonamides is 1. The molecule has 0 spiro atoms. The predicted octanol–water partition coefficient (Wildman–Crippen LogP) is 3.40. The second-order valence-electron chi connectivity index (χ2n) is 7.59. The minimum atomic E-state index is -3.52. The SMILES string of the molecule is CCn1c(CSc2nnc(-c3ccc(OC)cc3)n2C)nc2cc(S(=O)(=O)N(C)C)ccc21. The molecule has 4 rings (SSSR count). The molecule has 2 aromatic carbocycles. The van der Waals surface area contributed by atoms with Crippen molar-refractivity contribution in [1.29, 1.82) is 0 Å². The number of methoxy groups -OCH3 is 1. The zero-order chi connectivity index (χ0) is 23.8. The first kappa shape index (κ1) is 23.3. The number of benzene rings is 2. The number of rotatable bonds is 8. The molecule has 33 heavy (non-hydrogen) atoms. The van der Waals surface area contributed by atoms with Crippen LogP contribution >= 0.6 is 11.8 Å². The molecule has 0 unspecified atom stereocenters. The van der Waals surface area contributed by atoms with Gasteiger partial charge in [-0.25, -0.2) is 17.7 Å². The van der Waals surface area contributed by atoms with E-state index in [1.165, 1.54) is 30.2 Å². The smallest absolute Gasteiger partial charge is 0.242 e. The molecule has 0 atom stereocenters. The number of hydrogen-bond acceptors (Lipinski definition) is 7. The third kappa shape index (κ3) is 4.35. The summed E-state index contributed by atoms with van der Waals surface area (Å²) in [6.07, 6.45) is 0. The van der Waals surface area contributed by atoms with Crippen molar-refractivity contribution in [3.05, 3.63) is 48.3 Å². The maximum absolute atomic E-state index is 12.5. The van der Waals surface area contributed by atoms with E-state index in [1.54, 1.807) is 19.2 Å². The van der Waals surface area contributed by atoms with Gasteiger partial charge in [0, 0.05) is 33.3 Å². The predicted molar refractivity (Wildman–Crippen MR) is 129 cm³/mol. The van der Waals surface area contributed by atoms with Crippen molar-refractivity contribution in [3.8, 4) is 17.1 Å². The Morgan fingerprint density at radius 3 is 2.45 bits per heavy atom. The highest BCUT2D eigenvalue weighted by atomic mass is 32.2. The molecule has 0 saturated carbocycles. The van der Waals surface area contributed by atoms with Crippen molar-refractivity contribution < 1.29 is 13.2 Å². The van der Waals surface area contributed by atoms with E-state index in [9.17, 15) is 8.42 Å². The summed E-state index contributed by atoms with van der Waals surface area (Å²) in [6, 6.07) is 12.8. The van der Waals surface area contributed by atoms with Gasteiger partial charge in [-0.1, -0.05) is 11.8 Å². The van der Waals surface area contributed by atoms with Gasteiger partial charge in [-0.2, -0.15) is 0 Å². The molecule has 0 bridgehead atoms. The quantitative estimate of drug-likeness (QED) is 0.352. The van der Waals surface area contributed by atoms with Gasteiger partial charge in [0.2, 0.25) is 10.0 Å². The van der Waals surface area contributed by atoms with E-state index in [0.29, 0.717) is 11.3 Å². The Morgan fingerprint density at radius 1 is 1.09 bits per heavy atom. The number of imidazole rings is 1. The molecular weight excluding hydrogens is 460 g/mol. The van der Waals surface area contributed by atoms with E-state index in [0.717, 1.165) is 40.2 Å². The number of ether oxygens (including phenoxy) is 1. The highest BCUT2D eigenvalue weighted by Crippen LogP contribution is 2.28. The summed E-state index contributed by atoms with van der Waals surface area (Å²) in [4.78, 5) is 4.97. The third-order valence-electron chi connectivity index (χ3n) is 5.41.